The summed E-state index contributed by atoms with van der Waals surface area (Å²) in [4.78, 5) is 0. The molecule has 2 rings (SSSR count). The van der Waals surface area contributed by atoms with E-state index in [1.54, 1.807) is 12.1 Å². The molecular formula is C13H13FN4O3S. The van der Waals surface area contributed by atoms with Gasteiger partial charge in [0.25, 0.3) is 0 Å². The fourth-order valence-corrected chi connectivity index (χ4v) is 2.80. The van der Waals surface area contributed by atoms with Crippen molar-refractivity contribution in [1.29, 1.82) is 5.26 Å². The Morgan fingerprint density at radius 1 is 1.32 bits per heavy atom. The van der Waals surface area contributed by atoms with Gasteiger partial charge in [-0.3, -0.25) is 0 Å². The molecule has 0 spiro atoms. The normalized spacial score (nSPS) is 11.1. The highest BCUT2D eigenvalue weighted by Crippen LogP contribution is 2.17. The second-order valence-corrected chi connectivity index (χ2v) is 6.15. The van der Waals surface area contributed by atoms with Crippen LogP contribution in [0, 0.1) is 17.1 Å². The first-order chi connectivity index (χ1) is 10.5. The molecule has 116 valence electrons. The highest BCUT2D eigenvalue weighted by atomic mass is 32.2. The van der Waals surface area contributed by atoms with Crippen LogP contribution >= 0.6 is 0 Å². The van der Waals surface area contributed by atoms with Crippen LogP contribution in [0.2, 0.25) is 0 Å². The highest BCUT2D eigenvalue weighted by molar-refractivity contribution is 7.88. The lowest BCUT2D eigenvalue weighted by Crippen LogP contribution is -2.30. The second-order valence-electron chi connectivity index (χ2n) is 4.35. The molecule has 9 heteroatoms. The van der Waals surface area contributed by atoms with Gasteiger partial charge < -0.3 is 9.84 Å². The Morgan fingerprint density at radius 2 is 2.14 bits per heavy atom. The summed E-state index contributed by atoms with van der Waals surface area (Å²) >= 11 is 0. The number of nitrogens with one attached hydrogen (secondary N) is 2. The lowest BCUT2D eigenvalue weighted by atomic mass is 10.2. The molecule has 0 bridgehead atoms. The first-order valence-corrected chi connectivity index (χ1v) is 7.96. The van der Waals surface area contributed by atoms with Crippen LogP contribution in [0.15, 0.2) is 35.1 Å². The number of benzene rings is 1. The quantitative estimate of drug-likeness (QED) is 0.741. The van der Waals surface area contributed by atoms with E-state index in [0.717, 1.165) is 0 Å². The number of hydrogen-bond acceptors (Lipinski definition) is 6. The molecule has 0 unspecified atom stereocenters. The first-order valence-electron chi connectivity index (χ1n) is 6.31. The van der Waals surface area contributed by atoms with Crippen LogP contribution in [-0.2, 0) is 15.8 Å². The Hall–Kier alpha value is -2.44. The van der Waals surface area contributed by atoms with Gasteiger partial charge in [0.1, 0.15) is 29.5 Å². The Bertz CT molecular complexity index is 769. The fourth-order valence-electron chi connectivity index (χ4n) is 1.75. The summed E-state index contributed by atoms with van der Waals surface area (Å²) in [5.74, 6) is -0.911. The van der Waals surface area contributed by atoms with Crippen molar-refractivity contribution in [2.24, 2.45) is 0 Å². The molecule has 0 aliphatic carbocycles. The van der Waals surface area contributed by atoms with Crippen molar-refractivity contribution in [3.63, 3.8) is 0 Å². The van der Waals surface area contributed by atoms with Gasteiger partial charge in [0.15, 0.2) is 0 Å². The van der Waals surface area contributed by atoms with Crippen LogP contribution in [0.5, 0.6) is 0 Å². The van der Waals surface area contributed by atoms with Crippen molar-refractivity contribution < 1.29 is 17.3 Å². The topological polar surface area (TPSA) is 108 Å². The van der Waals surface area contributed by atoms with E-state index in [1.807, 2.05) is 0 Å². The molecule has 1 aromatic heterocycles. The van der Waals surface area contributed by atoms with E-state index >= 15 is 0 Å². The molecule has 0 atom stereocenters. The van der Waals surface area contributed by atoms with Gasteiger partial charge >= 0.3 is 0 Å². The Balaban J connectivity index is 1.85. The zero-order valence-electron chi connectivity index (χ0n) is 11.4. The minimum Gasteiger partial charge on any atom is -0.383 e. The molecular weight excluding hydrogens is 311 g/mol. The number of hydrogen-bond donors (Lipinski definition) is 2. The summed E-state index contributed by atoms with van der Waals surface area (Å²) in [5, 5.41) is 15.2. The number of aromatic nitrogens is 1. The highest BCUT2D eigenvalue weighted by Gasteiger charge is 2.13. The summed E-state index contributed by atoms with van der Waals surface area (Å²) in [6.45, 7) is 0.289. The Labute approximate surface area is 126 Å². The number of rotatable bonds is 7. The Kier molecular flexibility index (Phi) is 5.08. The maximum absolute atomic E-state index is 13.4. The van der Waals surface area contributed by atoms with E-state index < -0.39 is 15.8 Å². The van der Waals surface area contributed by atoms with Crippen LogP contribution < -0.4 is 10.0 Å². The molecule has 0 aliphatic heterocycles. The van der Waals surface area contributed by atoms with Crippen LogP contribution in [0.3, 0.4) is 0 Å². The molecule has 0 aliphatic rings. The minimum atomic E-state index is -3.53. The van der Waals surface area contributed by atoms with E-state index in [2.05, 4.69) is 19.7 Å². The van der Waals surface area contributed by atoms with Gasteiger partial charge in [-0.15, -0.1) is 0 Å². The average Bonchev–Trinajstić information content (AvgIpc) is 2.96. The van der Waals surface area contributed by atoms with Crippen molar-refractivity contribution in [2.45, 2.75) is 5.75 Å². The van der Waals surface area contributed by atoms with Crippen molar-refractivity contribution in [1.82, 2.24) is 9.88 Å². The van der Waals surface area contributed by atoms with Crippen LogP contribution in [-0.4, -0.2) is 26.7 Å². The van der Waals surface area contributed by atoms with E-state index in [4.69, 9.17) is 5.26 Å². The summed E-state index contributed by atoms with van der Waals surface area (Å²) < 4.78 is 43.8. The van der Waals surface area contributed by atoms with E-state index in [-0.39, 0.29) is 24.4 Å². The maximum Gasteiger partial charge on any atom is 0.217 e. The van der Waals surface area contributed by atoms with Gasteiger partial charge in [0.05, 0.1) is 11.4 Å². The largest absolute Gasteiger partial charge is 0.383 e. The summed E-state index contributed by atoms with van der Waals surface area (Å²) in [6, 6.07) is 7.42. The molecule has 0 saturated carbocycles. The third-order valence-corrected chi connectivity index (χ3v) is 4.04. The minimum absolute atomic E-state index is 0.0849. The van der Waals surface area contributed by atoms with Crippen LogP contribution in [0.25, 0.3) is 0 Å². The van der Waals surface area contributed by atoms with Crippen molar-refractivity contribution in [2.75, 3.05) is 18.4 Å². The average molecular weight is 324 g/mol. The smallest absolute Gasteiger partial charge is 0.217 e. The van der Waals surface area contributed by atoms with E-state index in [9.17, 15) is 12.8 Å². The van der Waals surface area contributed by atoms with Gasteiger partial charge in [0, 0.05) is 19.2 Å². The number of sulfonamides is 1. The second kappa shape index (κ2) is 7.02. The number of nitrogens with zero attached hydrogens (tertiary/aromatic N) is 2. The van der Waals surface area contributed by atoms with Crippen LogP contribution in [0.4, 0.5) is 10.1 Å². The third-order valence-electron chi connectivity index (χ3n) is 2.72. The molecule has 0 radical (unpaired) electrons. The zero-order valence-corrected chi connectivity index (χ0v) is 12.2. The standard InChI is InChI=1S/C13H13FN4O3S/c14-12-2-1-3-13(11(12)8-15)16-5-6-17-22(19,20)9-10-4-7-21-18-10/h1-4,7,16-17H,5-6,9H2. The SMILES string of the molecule is N#Cc1c(F)cccc1NCCNS(=O)(=O)Cc1ccon1. The molecule has 0 saturated heterocycles. The van der Waals surface area contributed by atoms with Gasteiger partial charge in [-0.2, -0.15) is 5.26 Å². The molecule has 0 fully saturated rings. The number of anilines is 1. The van der Waals surface area contributed by atoms with Crippen molar-refractivity contribution in [3.05, 3.63) is 47.6 Å². The van der Waals surface area contributed by atoms with E-state index in [1.165, 1.54) is 24.5 Å². The van der Waals surface area contributed by atoms with Gasteiger partial charge in [-0.25, -0.2) is 17.5 Å². The maximum atomic E-state index is 13.4. The van der Waals surface area contributed by atoms with Gasteiger partial charge in [0.2, 0.25) is 10.0 Å². The van der Waals surface area contributed by atoms with Crippen molar-refractivity contribution in [3.8, 4) is 6.07 Å². The van der Waals surface area contributed by atoms with Crippen molar-refractivity contribution >= 4 is 15.7 Å². The third kappa shape index (κ3) is 4.28. The number of nitriles is 1. The summed E-state index contributed by atoms with van der Waals surface area (Å²) in [7, 11) is -3.53. The van der Waals surface area contributed by atoms with Gasteiger partial charge in [-0.05, 0) is 12.1 Å². The summed E-state index contributed by atoms with van der Waals surface area (Å²) in [5.41, 5.74) is 0.517. The number of halogens is 1. The molecule has 7 nitrogen and oxygen atoms in total. The molecule has 2 N–H and O–H groups in total. The molecule has 22 heavy (non-hydrogen) atoms. The predicted octanol–water partition coefficient (Wildman–Crippen LogP) is 1.22. The Morgan fingerprint density at radius 3 is 2.82 bits per heavy atom. The lowest BCUT2D eigenvalue weighted by Gasteiger charge is -2.09. The van der Waals surface area contributed by atoms with Crippen LogP contribution in [0.1, 0.15) is 11.3 Å². The molecule has 1 aromatic carbocycles. The predicted molar refractivity (Wildman–Crippen MR) is 76.7 cm³/mol. The first kappa shape index (κ1) is 15.9. The molecule has 1 heterocycles. The molecule has 2 aromatic rings. The van der Waals surface area contributed by atoms with Gasteiger partial charge in [-0.1, -0.05) is 11.2 Å². The fraction of sp³-hybridized carbons (Fsp3) is 0.231. The lowest BCUT2D eigenvalue weighted by molar-refractivity contribution is 0.413. The zero-order chi connectivity index (χ0) is 16.0. The summed E-state index contributed by atoms with van der Waals surface area (Å²) in [6.07, 6.45) is 1.29. The van der Waals surface area contributed by atoms with E-state index in [0.29, 0.717) is 11.4 Å². The molecule has 0 amide bonds. The monoisotopic (exact) mass is 324 g/mol.